The predicted molar refractivity (Wildman–Crippen MR) is 77.6 cm³/mol. The smallest absolute Gasteiger partial charge is 0.0701 e. The van der Waals surface area contributed by atoms with Gasteiger partial charge in [0.1, 0.15) is 0 Å². The summed E-state index contributed by atoms with van der Waals surface area (Å²) in [4.78, 5) is 2.39. The van der Waals surface area contributed by atoms with Gasteiger partial charge in [0.15, 0.2) is 0 Å². The van der Waals surface area contributed by atoms with Crippen molar-refractivity contribution in [3.8, 4) is 0 Å². The quantitative estimate of drug-likeness (QED) is 0.757. The Labute approximate surface area is 115 Å². The van der Waals surface area contributed by atoms with Crippen molar-refractivity contribution < 1.29 is 9.47 Å². The fourth-order valence-corrected chi connectivity index (χ4v) is 2.63. The lowest BCUT2D eigenvalue weighted by Crippen LogP contribution is -2.45. The monoisotopic (exact) mass is 264 g/mol. The van der Waals surface area contributed by atoms with Crippen molar-refractivity contribution in [2.24, 2.45) is 5.73 Å². The maximum absolute atomic E-state index is 5.90. The fourth-order valence-electron chi connectivity index (χ4n) is 2.63. The number of para-hydroxylation sites is 1. The summed E-state index contributed by atoms with van der Waals surface area (Å²) in [5, 5.41) is 0. The van der Waals surface area contributed by atoms with E-state index in [1.54, 1.807) is 7.11 Å². The van der Waals surface area contributed by atoms with Gasteiger partial charge < -0.3 is 20.1 Å². The van der Waals surface area contributed by atoms with Gasteiger partial charge in [-0.15, -0.1) is 0 Å². The summed E-state index contributed by atoms with van der Waals surface area (Å²) in [7, 11) is 1.69. The molecule has 2 rings (SSSR count). The number of hydrogen-bond acceptors (Lipinski definition) is 4. The van der Waals surface area contributed by atoms with E-state index in [-0.39, 0.29) is 0 Å². The molecule has 1 heterocycles. The van der Waals surface area contributed by atoms with E-state index >= 15 is 0 Å². The molecule has 1 unspecified atom stereocenters. The molecule has 0 fully saturated rings. The van der Waals surface area contributed by atoms with E-state index < -0.39 is 0 Å². The Morgan fingerprint density at radius 2 is 2.11 bits per heavy atom. The van der Waals surface area contributed by atoms with Gasteiger partial charge in [0.2, 0.25) is 0 Å². The van der Waals surface area contributed by atoms with E-state index in [0.717, 1.165) is 19.4 Å². The molecular formula is C15H24N2O2. The van der Waals surface area contributed by atoms with Crippen LogP contribution in [0, 0.1) is 0 Å². The van der Waals surface area contributed by atoms with Crippen molar-refractivity contribution in [2.45, 2.75) is 18.9 Å². The van der Waals surface area contributed by atoms with Crippen LogP contribution in [0.4, 0.5) is 5.69 Å². The zero-order valence-corrected chi connectivity index (χ0v) is 11.7. The number of aryl methyl sites for hydroxylation is 1. The van der Waals surface area contributed by atoms with E-state index in [0.29, 0.717) is 32.4 Å². The first-order chi connectivity index (χ1) is 9.36. The van der Waals surface area contributed by atoms with Crippen LogP contribution in [0.1, 0.15) is 12.0 Å². The van der Waals surface area contributed by atoms with Crippen LogP contribution in [0.3, 0.4) is 0 Å². The lowest BCUT2D eigenvalue weighted by atomic mass is 9.96. The number of methoxy groups -OCH3 is 1. The lowest BCUT2D eigenvalue weighted by molar-refractivity contribution is 0.0733. The van der Waals surface area contributed by atoms with Gasteiger partial charge in [0.25, 0.3) is 0 Å². The number of fused-ring (bicyclic) bond motifs is 1. The molecule has 0 saturated carbocycles. The number of hydrogen-bond donors (Lipinski definition) is 1. The highest BCUT2D eigenvalue weighted by atomic mass is 16.5. The van der Waals surface area contributed by atoms with Crippen molar-refractivity contribution >= 4 is 5.69 Å². The largest absolute Gasteiger partial charge is 0.382 e. The van der Waals surface area contributed by atoms with Crippen LogP contribution in [-0.4, -0.2) is 46.1 Å². The molecule has 1 aromatic rings. The first-order valence-electron chi connectivity index (χ1n) is 6.98. The number of anilines is 1. The van der Waals surface area contributed by atoms with E-state index in [1.807, 2.05) is 0 Å². The van der Waals surface area contributed by atoms with E-state index in [1.165, 1.54) is 11.3 Å². The summed E-state index contributed by atoms with van der Waals surface area (Å²) in [6.45, 7) is 3.61. The summed E-state index contributed by atoms with van der Waals surface area (Å²) in [5.41, 5.74) is 8.64. The second kappa shape index (κ2) is 7.48. The Morgan fingerprint density at radius 3 is 2.89 bits per heavy atom. The Balaban J connectivity index is 1.95. The molecule has 4 heteroatoms. The van der Waals surface area contributed by atoms with Crippen LogP contribution in [0.2, 0.25) is 0 Å². The molecule has 19 heavy (non-hydrogen) atoms. The van der Waals surface area contributed by atoms with Gasteiger partial charge in [-0.05, 0) is 24.5 Å². The van der Waals surface area contributed by atoms with Gasteiger partial charge in [-0.2, -0.15) is 0 Å². The van der Waals surface area contributed by atoms with Crippen molar-refractivity contribution in [2.75, 3.05) is 44.9 Å². The minimum Gasteiger partial charge on any atom is -0.382 e. The third kappa shape index (κ3) is 3.69. The van der Waals surface area contributed by atoms with Crippen LogP contribution in [0.5, 0.6) is 0 Å². The number of nitrogens with two attached hydrogens (primary N) is 1. The normalized spacial score (nSPS) is 18.4. The molecule has 0 radical (unpaired) electrons. The predicted octanol–water partition coefficient (Wildman–Crippen LogP) is 1.43. The first-order valence-corrected chi connectivity index (χ1v) is 6.98. The second-order valence-corrected chi connectivity index (χ2v) is 4.86. The third-order valence-electron chi connectivity index (χ3n) is 3.67. The number of benzene rings is 1. The third-order valence-corrected chi connectivity index (χ3v) is 3.67. The van der Waals surface area contributed by atoms with Crippen molar-refractivity contribution in [3.63, 3.8) is 0 Å². The van der Waals surface area contributed by atoms with Gasteiger partial charge in [0.05, 0.1) is 19.8 Å². The molecule has 1 aromatic carbocycles. The molecule has 106 valence electrons. The molecule has 0 aromatic heterocycles. The van der Waals surface area contributed by atoms with Crippen molar-refractivity contribution in [1.29, 1.82) is 0 Å². The molecule has 1 aliphatic heterocycles. The minimum atomic E-state index is 0.431. The molecule has 2 N–H and O–H groups in total. The average Bonchev–Trinajstić information content (AvgIpc) is 2.47. The fraction of sp³-hybridized carbons (Fsp3) is 0.600. The summed E-state index contributed by atoms with van der Waals surface area (Å²) in [6, 6.07) is 9.03. The Bertz CT molecular complexity index is 384. The Morgan fingerprint density at radius 1 is 1.26 bits per heavy atom. The average molecular weight is 264 g/mol. The van der Waals surface area contributed by atoms with Crippen molar-refractivity contribution in [1.82, 2.24) is 0 Å². The van der Waals surface area contributed by atoms with Gasteiger partial charge in [-0.25, -0.2) is 0 Å². The molecular weight excluding hydrogens is 240 g/mol. The highest BCUT2D eigenvalue weighted by Crippen LogP contribution is 2.29. The second-order valence-electron chi connectivity index (χ2n) is 4.86. The minimum absolute atomic E-state index is 0.431. The van der Waals surface area contributed by atoms with Crippen LogP contribution in [0.15, 0.2) is 24.3 Å². The molecule has 1 aliphatic rings. The van der Waals surface area contributed by atoms with E-state index in [9.17, 15) is 0 Å². The van der Waals surface area contributed by atoms with Gasteiger partial charge in [-0.1, -0.05) is 18.2 Å². The Kier molecular flexibility index (Phi) is 5.63. The first kappa shape index (κ1) is 14.3. The van der Waals surface area contributed by atoms with Crippen LogP contribution >= 0.6 is 0 Å². The van der Waals surface area contributed by atoms with E-state index in [2.05, 4.69) is 29.2 Å². The maximum atomic E-state index is 5.90. The molecule has 0 spiro atoms. The highest BCUT2D eigenvalue weighted by molar-refractivity contribution is 5.56. The van der Waals surface area contributed by atoms with Gasteiger partial charge >= 0.3 is 0 Å². The lowest BCUT2D eigenvalue weighted by Gasteiger charge is -2.38. The molecule has 4 nitrogen and oxygen atoms in total. The number of nitrogens with zero attached hydrogens (tertiary/aromatic N) is 1. The molecule has 0 aliphatic carbocycles. The zero-order valence-electron chi connectivity index (χ0n) is 11.7. The Hall–Kier alpha value is -1.10. The van der Waals surface area contributed by atoms with Crippen LogP contribution in [0.25, 0.3) is 0 Å². The summed E-state index contributed by atoms with van der Waals surface area (Å²) < 4.78 is 10.6. The van der Waals surface area contributed by atoms with Crippen LogP contribution < -0.4 is 10.6 Å². The van der Waals surface area contributed by atoms with Gasteiger partial charge in [0, 0.05) is 31.9 Å². The summed E-state index contributed by atoms with van der Waals surface area (Å²) in [5.74, 6) is 0. The van der Waals surface area contributed by atoms with E-state index in [4.69, 9.17) is 15.2 Å². The summed E-state index contributed by atoms with van der Waals surface area (Å²) >= 11 is 0. The van der Waals surface area contributed by atoms with Crippen molar-refractivity contribution in [3.05, 3.63) is 29.8 Å². The SMILES string of the molecule is COCCOCCN1c2ccccc2CCC1CN. The number of rotatable bonds is 7. The van der Waals surface area contributed by atoms with Crippen LogP contribution in [-0.2, 0) is 15.9 Å². The molecule has 1 atom stereocenters. The maximum Gasteiger partial charge on any atom is 0.0701 e. The molecule has 0 bridgehead atoms. The topological polar surface area (TPSA) is 47.7 Å². The molecule has 0 amide bonds. The zero-order chi connectivity index (χ0) is 13.5. The number of ether oxygens (including phenoxy) is 2. The standard InChI is InChI=1S/C15H24N2O2/c1-18-10-11-19-9-8-17-14(12-16)7-6-13-4-2-3-5-15(13)17/h2-5,14H,6-12,16H2,1H3. The molecule has 0 saturated heterocycles. The highest BCUT2D eigenvalue weighted by Gasteiger charge is 2.24. The van der Waals surface area contributed by atoms with Gasteiger partial charge in [-0.3, -0.25) is 0 Å². The summed E-state index contributed by atoms with van der Waals surface area (Å²) in [6.07, 6.45) is 2.25.